The van der Waals surface area contributed by atoms with Crippen molar-refractivity contribution in [3.05, 3.63) is 0 Å². The third kappa shape index (κ3) is 1.10. The molecule has 12 heavy (non-hydrogen) atoms. The predicted molar refractivity (Wildman–Crippen MR) is 40.1 cm³/mol. The minimum absolute atomic E-state index is 0.438. The number of nitrogens with two attached hydrogens (primary N) is 1. The van der Waals surface area contributed by atoms with Crippen molar-refractivity contribution in [3.63, 3.8) is 0 Å². The van der Waals surface area contributed by atoms with E-state index in [2.05, 4.69) is 0 Å². The fourth-order valence-electron chi connectivity index (χ4n) is 1.15. The first-order valence-corrected chi connectivity index (χ1v) is 3.52. The van der Waals surface area contributed by atoms with Gasteiger partial charge < -0.3 is 5.11 Å². The monoisotopic (exact) mass is 173 g/mol. The molecule has 1 saturated carbocycles. The van der Waals surface area contributed by atoms with E-state index in [-0.39, 0.29) is 0 Å². The Morgan fingerprint density at radius 2 is 2.08 bits per heavy atom. The van der Waals surface area contributed by atoms with Crippen molar-refractivity contribution in [1.29, 1.82) is 0 Å². The second-order valence-electron chi connectivity index (χ2n) is 2.85. The molecule has 68 valence electrons. The quantitative estimate of drug-likeness (QED) is 0.287. The number of rotatable bonds is 2. The van der Waals surface area contributed by atoms with E-state index in [4.69, 9.17) is 10.9 Å². The number of carboxylic acid groups (broad SMARTS) is 1. The van der Waals surface area contributed by atoms with E-state index >= 15 is 0 Å². The molecule has 1 aliphatic carbocycles. The van der Waals surface area contributed by atoms with Crippen LogP contribution in [0.2, 0.25) is 0 Å². The van der Waals surface area contributed by atoms with Gasteiger partial charge in [0, 0.05) is 7.05 Å². The molecule has 0 unspecified atom stereocenters. The molecule has 1 rings (SSSR count). The van der Waals surface area contributed by atoms with Gasteiger partial charge >= 0.3 is 6.09 Å². The largest absolute Gasteiger partial charge is 0.465 e. The first-order chi connectivity index (χ1) is 5.54. The van der Waals surface area contributed by atoms with Gasteiger partial charge in [-0.05, 0) is 12.8 Å². The molecule has 0 spiro atoms. The van der Waals surface area contributed by atoms with Gasteiger partial charge in [-0.25, -0.2) is 10.6 Å². The van der Waals surface area contributed by atoms with Gasteiger partial charge in [-0.2, -0.15) is 0 Å². The number of carbonyl (C=O) groups is 2. The molecule has 2 amide bonds. The molecule has 0 aromatic heterocycles. The highest BCUT2D eigenvalue weighted by atomic mass is 16.4. The average molecular weight is 173 g/mol. The Morgan fingerprint density at radius 3 is 2.33 bits per heavy atom. The van der Waals surface area contributed by atoms with E-state index in [1.165, 1.54) is 7.05 Å². The molecule has 6 nitrogen and oxygen atoms in total. The molecule has 6 heteroatoms. The van der Waals surface area contributed by atoms with E-state index in [1.807, 2.05) is 5.43 Å². The molecular weight excluding hydrogens is 162 g/mol. The fraction of sp³-hybridized carbons (Fsp3) is 0.667. The summed E-state index contributed by atoms with van der Waals surface area (Å²) in [7, 11) is 1.37. The SMILES string of the molecule is CN(C(=O)O)C1(C(=O)NN)CC1. The van der Waals surface area contributed by atoms with Crippen molar-refractivity contribution in [2.75, 3.05) is 7.05 Å². The van der Waals surface area contributed by atoms with Crippen LogP contribution in [0.15, 0.2) is 0 Å². The highest BCUT2D eigenvalue weighted by molar-refractivity contribution is 5.92. The van der Waals surface area contributed by atoms with Gasteiger partial charge in [0.25, 0.3) is 5.91 Å². The second-order valence-corrected chi connectivity index (χ2v) is 2.85. The molecule has 4 N–H and O–H groups in total. The van der Waals surface area contributed by atoms with Gasteiger partial charge in [-0.1, -0.05) is 0 Å². The van der Waals surface area contributed by atoms with E-state index in [1.54, 1.807) is 0 Å². The summed E-state index contributed by atoms with van der Waals surface area (Å²) in [5, 5.41) is 8.61. The molecule has 1 fully saturated rings. The fourth-order valence-corrected chi connectivity index (χ4v) is 1.15. The third-order valence-corrected chi connectivity index (χ3v) is 2.21. The van der Waals surface area contributed by atoms with Gasteiger partial charge in [0.15, 0.2) is 0 Å². The van der Waals surface area contributed by atoms with Gasteiger partial charge in [-0.3, -0.25) is 15.1 Å². The summed E-state index contributed by atoms with van der Waals surface area (Å²) in [6, 6.07) is 0. The standard InChI is InChI=1S/C6H11N3O3/c1-9(5(11)12)6(2-3-6)4(10)8-7/h2-3,7H2,1H3,(H,8,10)(H,11,12). The maximum atomic E-state index is 11.1. The average Bonchev–Trinajstić information content (AvgIpc) is 2.82. The normalized spacial score (nSPS) is 18.2. The molecular formula is C6H11N3O3. The maximum absolute atomic E-state index is 11.1. The van der Waals surface area contributed by atoms with E-state index in [0.29, 0.717) is 12.8 Å². The summed E-state index contributed by atoms with van der Waals surface area (Å²) in [4.78, 5) is 22.6. The Bertz CT molecular complexity index is 224. The van der Waals surface area contributed by atoms with Crippen molar-refractivity contribution in [3.8, 4) is 0 Å². The molecule has 0 heterocycles. The highest BCUT2D eigenvalue weighted by Gasteiger charge is 2.55. The molecule has 0 aromatic rings. The van der Waals surface area contributed by atoms with Gasteiger partial charge in [0.1, 0.15) is 5.54 Å². The Hall–Kier alpha value is -1.30. The lowest BCUT2D eigenvalue weighted by Crippen LogP contribution is -2.51. The molecule has 0 aliphatic heterocycles. The summed E-state index contributed by atoms with van der Waals surface area (Å²) in [6.45, 7) is 0. The molecule has 0 atom stereocenters. The van der Waals surface area contributed by atoms with Crippen LogP contribution in [-0.2, 0) is 4.79 Å². The van der Waals surface area contributed by atoms with Crippen LogP contribution in [0, 0.1) is 0 Å². The summed E-state index contributed by atoms with van der Waals surface area (Å²) in [6.07, 6.45) is -0.0337. The number of hydrogen-bond donors (Lipinski definition) is 3. The first-order valence-electron chi connectivity index (χ1n) is 3.52. The van der Waals surface area contributed by atoms with Crippen LogP contribution in [0.5, 0.6) is 0 Å². The van der Waals surface area contributed by atoms with Crippen molar-refractivity contribution >= 4 is 12.0 Å². The van der Waals surface area contributed by atoms with Crippen LogP contribution in [-0.4, -0.2) is 34.6 Å². The minimum atomic E-state index is -1.11. The van der Waals surface area contributed by atoms with Crippen LogP contribution in [0.1, 0.15) is 12.8 Å². The zero-order valence-electron chi connectivity index (χ0n) is 6.70. The second kappa shape index (κ2) is 2.63. The zero-order valence-corrected chi connectivity index (χ0v) is 6.70. The molecule has 0 radical (unpaired) electrons. The number of amides is 2. The van der Waals surface area contributed by atoms with Crippen molar-refractivity contribution in [2.45, 2.75) is 18.4 Å². The van der Waals surface area contributed by atoms with Crippen LogP contribution in [0.3, 0.4) is 0 Å². The molecule has 0 aromatic carbocycles. The minimum Gasteiger partial charge on any atom is -0.465 e. The van der Waals surface area contributed by atoms with Gasteiger partial charge in [0.05, 0.1) is 0 Å². The lowest BCUT2D eigenvalue weighted by molar-refractivity contribution is -0.126. The van der Waals surface area contributed by atoms with Crippen LogP contribution in [0.25, 0.3) is 0 Å². The van der Waals surface area contributed by atoms with Crippen LogP contribution < -0.4 is 11.3 Å². The number of hydrazine groups is 1. The third-order valence-electron chi connectivity index (χ3n) is 2.21. The van der Waals surface area contributed by atoms with Gasteiger partial charge in [-0.15, -0.1) is 0 Å². The Labute approximate surface area is 69.3 Å². The van der Waals surface area contributed by atoms with Crippen molar-refractivity contribution < 1.29 is 14.7 Å². The Morgan fingerprint density at radius 1 is 1.58 bits per heavy atom. The number of likely N-dealkylation sites (N-methyl/N-ethyl adjacent to an activating group) is 1. The van der Waals surface area contributed by atoms with Crippen molar-refractivity contribution in [2.24, 2.45) is 5.84 Å². The highest BCUT2D eigenvalue weighted by Crippen LogP contribution is 2.40. The summed E-state index contributed by atoms with van der Waals surface area (Å²) in [5.41, 5.74) is 1.06. The van der Waals surface area contributed by atoms with Crippen LogP contribution >= 0.6 is 0 Å². The smallest absolute Gasteiger partial charge is 0.407 e. The summed E-state index contributed by atoms with van der Waals surface area (Å²) >= 11 is 0. The number of carbonyl (C=O) groups excluding carboxylic acids is 1. The van der Waals surface area contributed by atoms with Crippen LogP contribution in [0.4, 0.5) is 4.79 Å². The predicted octanol–water partition coefficient (Wildman–Crippen LogP) is -0.881. The van der Waals surface area contributed by atoms with E-state index in [9.17, 15) is 9.59 Å². The summed E-state index contributed by atoms with van der Waals surface area (Å²) < 4.78 is 0. The maximum Gasteiger partial charge on any atom is 0.407 e. The lowest BCUT2D eigenvalue weighted by Gasteiger charge is -2.22. The summed E-state index contributed by atoms with van der Waals surface area (Å²) in [5.74, 6) is 4.48. The van der Waals surface area contributed by atoms with Crippen molar-refractivity contribution in [1.82, 2.24) is 10.3 Å². The first kappa shape index (κ1) is 8.79. The lowest BCUT2D eigenvalue weighted by atomic mass is 10.2. The molecule has 0 bridgehead atoms. The zero-order chi connectivity index (χ0) is 9.35. The Balaban J connectivity index is 2.72. The molecule has 1 aliphatic rings. The number of nitrogens with one attached hydrogen (secondary N) is 1. The number of hydrogen-bond acceptors (Lipinski definition) is 3. The van der Waals surface area contributed by atoms with E-state index < -0.39 is 17.5 Å². The van der Waals surface area contributed by atoms with Gasteiger partial charge in [0.2, 0.25) is 0 Å². The topological polar surface area (TPSA) is 95.7 Å². The number of nitrogens with zero attached hydrogens (tertiary/aromatic N) is 1. The van der Waals surface area contributed by atoms with E-state index in [0.717, 1.165) is 4.90 Å². The molecule has 0 saturated heterocycles. The Kier molecular flexibility index (Phi) is 1.93.